The number of nitrogens with zero attached hydrogens (tertiary/aromatic N) is 1. The maximum absolute atomic E-state index is 12.2. The maximum atomic E-state index is 12.2. The van der Waals surface area contributed by atoms with Crippen molar-refractivity contribution in [2.75, 3.05) is 0 Å². The third-order valence-corrected chi connectivity index (χ3v) is 4.38. The van der Waals surface area contributed by atoms with Gasteiger partial charge in [0.2, 0.25) is 11.7 Å². The van der Waals surface area contributed by atoms with Crippen molar-refractivity contribution in [3.8, 4) is 5.75 Å². The SMILES string of the molecule is O=C1OC(c2ccc(Br)cc2)=NC1=Cc1ccccc1OC(=O)c1ccco1. The second kappa shape index (κ2) is 7.66. The predicted molar refractivity (Wildman–Crippen MR) is 105 cm³/mol. The molecule has 0 atom stereocenters. The Kier molecular flexibility index (Phi) is 4.90. The Morgan fingerprint density at radius 1 is 1.04 bits per heavy atom. The van der Waals surface area contributed by atoms with Crippen LogP contribution in [0.5, 0.6) is 5.75 Å². The van der Waals surface area contributed by atoms with Gasteiger partial charge in [0.05, 0.1) is 6.26 Å². The van der Waals surface area contributed by atoms with Crippen molar-refractivity contribution < 1.29 is 23.5 Å². The molecular weight excluding hydrogens is 426 g/mol. The monoisotopic (exact) mass is 437 g/mol. The van der Waals surface area contributed by atoms with Crippen LogP contribution in [0, 0.1) is 0 Å². The molecule has 138 valence electrons. The van der Waals surface area contributed by atoms with E-state index in [9.17, 15) is 9.59 Å². The number of furan rings is 1. The number of ether oxygens (including phenoxy) is 2. The number of benzene rings is 2. The van der Waals surface area contributed by atoms with Gasteiger partial charge in [-0.2, -0.15) is 0 Å². The summed E-state index contributed by atoms with van der Waals surface area (Å²) in [4.78, 5) is 28.6. The Morgan fingerprint density at radius 2 is 1.82 bits per heavy atom. The Hall–Kier alpha value is -3.45. The molecule has 0 radical (unpaired) electrons. The van der Waals surface area contributed by atoms with Gasteiger partial charge in [-0.3, -0.25) is 0 Å². The van der Waals surface area contributed by atoms with E-state index in [1.54, 1.807) is 42.5 Å². The molecule has 3 aromatic rings. The normalized spacial score (nSPS) is 14.7. The van der Waals surface area contributed by atoms with Crippen LogP contribution < -0.4 is 4.74 Å². The number of esters is 2. The van der Waals surface area contributed by atoms with Crippen molar-refractivity contribution in [3.05, 3.63) is 94.0 Å². The van der Waals surface area contributed by atoms with E-state index in [0.29, 0.717) is 11.1 Å². The minimum atomic E-state index is -0.635. The minimum Gasteiger partial charge on any atom is -0.457 e. The van der Waals surface area contributed by atoms with Crippen LogP contribution in [0.1, 0.15) is 21.7 Å². The van der Waals surface area contributed by atoms with Crippen LogP contribution in [0.3, 0.4) is 0 Å². The van der Waals surface area contributed by atoms with E-state index in [4.69, 9.17) is 13.9 Å². The van der Waals surface area contributed by atoms with Crippen molar-refractivity contribution in [3.63, 3.8) is 0 Å². The second-order valence-electron chi connectivity index (χ2n) is 5.75. The van der Waals surface area contributed by atoms with Crippen molar-refractivity contribution in [1.82, 2.24) is 0 Å². The predicted octanol–water partition coefficient (Wildman–Crippen LogP) is 4.61. The van der Waals surface area contributed by atoms with Crippen molar-refractivity contribution in [2.45, 2.75) is 0 Å². The van der Waals surface area contributed by atoms with Gasteiger partial charge in [-0.25, -0.2) is 14.6 Å². The lowest BCUT2D eigenvalue weighted by atomic mass is 10.1. The van der Waals surface area contributed by atoms with Crippen molar-refractivity contribution >= 4 is 39.8 Å². The molecule has 0 N–H and O–H groups in total. The summed E-state index contributed by atoms with van der Waals surface area (Å²) in [6.45, 7) is 0. The lowest BCUT2D eigenvalue weighted by Crippen LogP contribution is -2.08. The highest BCUT2D eigenvalue weighted by Gasteiger charge is 2.24. The number of para-hydroxylation sites is 1. The van der Waals surface area contributed by atoms with Gasteiger partial charge in [-0.05, 0) is 48.5 Å². The van der Waals surface area contributed by atoms with Gasteiger partial charge in [0.1, 0.15) is 5.75 Å². The number of halogens is 1. The van der Waals surface area contributed by atoms with Crippen LogP contribution in [0.4, 0.5) is 0 Å². The average molecular weight is 438 g/mol. The van der Waals surface area contributed by atoms with Gasteiger partial charge in [0, 0.05) is 15.6 Å². The summed E-state index contributed by atoms with van der Waals surface area (Å²) >= 11 is 3.36. The van der Waals surface area contributed by atoms with Crippen LogP contribution >= 0.6 is 15.9 Å². The topological polar surface area (TPSA) is 78.1 Å². The van der Waals surface area contributed by atoms with E-state index in [-0.39, 0.29) is 23.1 Å². The highest BCUT2D eigenvalue weighted by atomic mass is 79.9. The summed E-state index contributed by atoms with van der Waals surface area (Å²) in [6, 6.07) is 17.1. The van der Waals surface area contributed by atoms with Gasteiger partial charge >= 0.3 is 11.9 Å². The molecule has 0 spiro atoms. The first-order valence-corrected chi connectivity index (χ1v) is 9.03. The number of aliphatic imine (C=N–C) groups is 1. The molecule has 2 aromatic carbocycles. The van der Waals surface area contributed by atoms with E-state index in [1.165, 1.54) is 18.4 Å². The number of carbonyl (C=O) groups excluding carboxylic acids is 2. The van der Waals surface area contributed by atoms with Gasteiger partial charge in [0.25, 0.3) is 0 Å². The summed E-state index contributed by atoms with van der Waals surface area (Å²) in [6.07, 6.45) is 2.90. The number of hydrogen-bond donors (Lipinski definition) is 0. The Labute approximate surface area is 168 Å². The molecule has 7 heteroatoms. The molecule has 0 fully saturated rings. The smallest absolute Gasteiger partial charge is 0.379 e. The second-order valence-corrected chi connectivity index (χ2v) is 6.66. The quantitative estimate of drug-likeness (QED) is 0.338. The molecule has 1 aromatic heterocycles. The largest absolute Gasteiger partial charge is 0.457 e. The van der Waals surface area contributed by atoms with Gasteiger partial charge < -0.3 is 13.9 Å². The molecule has 0 amide bonds. The molecule has 0 aliphatic carbocycles. The van der Waals surface area contributed by atoms with E-state index in [2.05, 4.69) is 20.9 Å². The average Bonchev–Trinajstić information content (AvgIpc) is 3.35. The molecule has 0 bridgehead atoms. The molecular formula is C21H12BrNO5. The summed E-state index contributed by atoms with van der Waals surface area (Å²) < 4.78 is 16.6. The maximum Gasteiger partial charge on any atom is 0.379 e. The number of rotatable bonds is 4. The summed E-state index contributed by atoms with van der Waals surface area (Å²) in [5, 5.41) is 0. The van der Waals surface area contributed by atoms with E-state index < -0.39 is 11.9 Å². The summed E-state index contributed by atoms with van der Waals surface area (Å²) in [5.74, 6) is -0.641. The first kappa shape index (κ1) is 17.9. The molecule has 0 unspecified atom stereocenters. The zero-order valence-corrected chi connectivity index (χ0v) is 15.9. The van der Waals surface area contributed by atoms with E-state index >= 15 is 0 Å². The zero-order chi connectivity index (χ0) is 19.5. The van der Waals surface area contributed by atoms with Crippen LogP contribution in [-0.2, 0) is 9.53 Å². The third-order valence-electron chi connectivity index (χ3n) is 3.85. The first-order valence-electron chi connectivity index (χ1n) is 8.23. The lowest BCUT2D eigenvalue weighted by Gasteiger charge is -2.06. The fraction of sp³-hybridized carbons (Fsp3) is 0. The molecule has 0 saturated carbocycles. The van der Waals surface area contributed by atoms with Crippen LogP contribution in [-0.4, -0.2) is 17.8 Å². The highest BCUT2D eigenvalue weighted by molar-refractivity contribution is 9.10. The molecule has 28 heavy (non-hydrogen) atoms. The van der Waals surface area contributed by atoms with Crippen molar-refractivity contribution in [1.29, 1.82) is 0 Å². The summed E-state index contributed by atoms with van der Waals surface area (Å²) in [5.41, 5.74) is 1.30. The fourth-order valence-electron chi connectivity index (χ4n) is 2.51. The van der Waals surface area contributed by atoms with Gasteiger partial charge in [-0.15, -0.1) is 0 Å². The standard InChI is InChI=1S/C21H12BrNO5/c22-15-9-7-13(8-10-15)19-23-16(20(24)28-19)12-14-4-1-2-5-17(14)27-21(25)18-6-3-11-26-18/h1-12H. The number of carbonyl (C=O) groups is 2. The number of hydrogen-bond acceptors (Lipinski definition) is 6. The molecule has 6 nitrogen and oxygen atoms in total. The van der Waals surface area contributed by atoms with Gasteiger partial charge in [0.15, 0.2) is 5.70 Å². The molecule has 1 aliphatic rings. The van der Waals surface area contributed by atoms with Crippen LogP contribution in [0.25, 0.3) is 6.08 Å². The first-order chi connectivity index (χ1) is 13.6. The Bertz CT molecular complexity index is 1100. The number of cyclic esters (lactones) is 1. The van der Waals surface area contributed by atoms with E-state index in [1.807, 2.05) is 12.1 Å². The van der Waals surface area contributed by atoms with Crippen LogP contribution in [0.15, 0.2) is 86.5 Å². The van der Waals surface area contributed by atoms with Gasteiger partial charge in [-0.1, -0.05) is 34.1 Å². The molecule has 0 saturated heterocycles. The molecule has 4 rings (SSSR count). The Morgan fingerprint density at radius 3 is 2.57 bits per heavy atom. The van der Waals surface area contributed by atoms with E-state index in [0.717, 1.165) is 4.47 Å². The minimum absolute atomic E-state index is 0.0817. The third kappa shape index (κ3) is 3.79. The van der Waals surface area contributed by atoms with Crippen molar-refractivity contribution in [2.24, 2.45) is 4.99 Å². The zero-order valence-electron chi connectivity index (χ0n) is 14.3. The lowest BCUT2D eigenvalue weighted by molar-refractivity contribution is -0.129. The molecule has 1 aliphatic heterocycles. The molecule has 2 heterocycles. The summed E-state index contributed by atoms with van der Waals surface area (Å²) in [7, 11) is 0. The van der Waals surface area contributed by atoms with Crippen LogP contribution in [0.2, 0.25) is 0 Å². The fourth-order valence-corrected chi connectivity index (χ4v) is 2.77. The highest BCUT2D eigenvalue weighted by Crippen LogP contribution is 2.26. The Balaban J connectivity index is 1.62.